The van der Waals surface area contributed by atoms with E-state index in [1.165, 1.54) is 19.3 Å². The van der Waals surface area contributed by atoms with E-state index in [4.69, 9.17) is 18.5 Å². The standard InChI is InChI=1S/C44H74NO8P/c1-6-8-10-12-14-16-18-20-22-24-26-28-30-32-34-36-43(46)50-40-42(41-52-54(48,49)51-39-38-45(3,4)5)53-44(47)37-35-33-31-29-27-25-23-21-19-17-15-13-11-9-7-2/h8,10,14-17,20-23,26-29,42H,6-7,9,11-13,18-19,24-25,30-41H2,1-5H3/p+1/b10-8-,16-14-,17-15-,22-20-,23-21-,28-26-,29-27-/t42-/m1/s1. The molecule has 0 bridgehead atoms. The van der Waals surface area contributed by atoms with Crippen LogP contribution in [-0.4, -0.2) is 74.9 Å². The minimum atomic E-state index is -4.40. The molecule has 54 heavy (non-hydrogen) atoms. The highest BCUT2D eigenvalue weighted by Gasteiger charge is 2.27. The Hall–Kier alpha value is -2.81. The van der Waals surface area contributed by atoms with Crippen LogP contribution >= 0.6 is 7.82 Å². The van der Waals surface area contributed by atoms with Gasteiger partial charge in [-0.25, -0.2) is 4.57 Å². The molecule has 0 rings (SSSR count). The van der Waals surface area contributed by atoms with Crippen molar-refractivity contribution in [2.24, 2.45) is 0 Å². The van der Waals surface area contributed by atoms with Gasteiger partial charge in [-0.15, -0.1) is 0 Å². The van der Waals surface area contributed by atoms with Gasteiger partial charge in [0, 0.05) is 12.8 Å². The molecule has 1 unspecified atom stereocenters. The Labute approximate surface area is 329 Å². The van der Waals surface area contributed by atoms with Crippen molar-refractivity contribution in [1.29, 1.82) is 0 Å². The van der Waals surface area contributed by atoms with E-state index in [0.29, 0.717) is 23.9 Å². The summed E-state index contributed by atoms with van der Waals surface area (Å²) in [5.74, 6) is -0.904. The summed E-state index contributed by atoms with van der Waals surface area (Å²) >= 11 is 0. The van der Waals surface area contributed by atoms with Crippen LogP contribution in [0.3, 0.4) is 0 Å². The van der Waals surface area contributed by atoms with Crippen LogP contribution in [0.15, 0.2) is 85.1 Å². The van der Waals surface area contributed by atoms with Crippen LogP contribution in [0.2, 0.25) is 0 Å². The Bertz CT molecular complexity index is 1200. The van der Waals surface area contributed by atoms with E-state index in [9.17, 15) is 19.0 Å². The summed E-state index contributed by atoms with van der Waals surface area (Å²) in [7, 11) is 1.41. The smallest absolute Gasteiger partial charge is 0.462 e. The molecule has 0 saturated heterocycles. The van der Waals surface area contributed by atoms with Gasteiger partial charge in [-0.1, -0.05) is 112 Å². The molecule has 0 saturated carbocycles. The number of carbonyl (C=O) groups excluding carboxylic acids is 2. The Balaban J connectivity index is 4.57. The molecule has 0 amide bonds. The van der Waals surface area contributed by atoms with Crippen molar-refractivity contribution in [2.45, 2.75) is 136 Å². The summed E-state index contributed by atoms with van der Waals surface area (Å²) in [5.41, 5.74) is 0. The number of unbranched alkanes of at least 4 members (excludes halogenated alkanes) is 7. The van der Waals surface area contributed by atoms with E-state index in [-0.39, 0.29) is 26.1 Å². The number of hydrogen-bond acceptors (Lipinski definition) is 7. The van der Waals surface area contributed by atoms with E-state index < -0.39 is 32.5 Å². The lowest BCUT2D eigenvalue weighted by atomic mass is 10.1. The summed E-state index contributed by atoms with van der Waals surface area (Å²) in [6.45, 7) is 4.15. The maximum atomic E-state index is 12.6. The number of phosphoric acid groups is 1. The van der Waals surface area contributed by atoms with Crippen LogP contribution in [-0.2, 0) is 32.7 Å². The van der Waals surface area contributed by atoms with E-state index >= 15 is 0 Å². The predicted octanol–water partition coefficient (Wildman–Crippen LogP) is 11.2. The highest BCUT2D eigenvalue weighted by atomic mass is 31.2. The second kappa shape index (κ2) is 35.9. The summed E-state index contributed by atoms with van der Waals surface area (Å²) in [6.07, 6.45) is 45.0. The summed E-state index contributed by atoms with van der Waals surface area (Å²) in [5, 5.41) is 0. The van der Waals surface area contributed by atoms with Gasteiger partial charge >= 0.3 is 19.8 Å². The monoisotopic (exact) mass is 777 g/mol. The lowest BCUT2D eigenvalue weighted by Gasteiger charge is -2.24. The SMILES string of the molecule is CC/C=C\C/C=C\C/C=C\C/C=C\CCCCC(=O)OC[C@H](COP(=O)(O)OCC[N+](C)(C)C)OC(=O)CCCC/C=C\C/C=C\C/C=C\CCCCC. The average molecular weight is 777 g/mol. The zero-order valence-electron chi connectivity index (χ0n) is 34.4. The lowest BCUT2D eigenvalue weighted by molar-refractivity contribution is -0.870. The fourth-order valence-corrected chi connectivity index (χ4v) is 5.46. The van der Waals surface area contributed by atoms with Crippen LogP contribution in [0.5, 0.6) is 0 Å². The Morgan fingerprint density at radius 3 is 1.50 bits per heavy atom. The fraction of sp³-hybridized carbons (Fsp3) is 0.636. The van der Waals surface area contributed by atoms with Gasteiger partial charge in [0.15, 0.2) is 6.10 Å². The molecule has 0 aromatic carbocycles. The third-order valence-corrected chi connectivity index (χ3v) is 8.89. The highest BCUT2D eigenvalue weighted by Crippen LogP contribution is 2.43. The van der Waals surface area contributed by atoms with Gasteiger partial charge in [-0.3, -0.25) is 18.6 Å². The zero-order valence-corrected chi connectivity index (χ0v) is 35.3. The molecular formula is C44H75NO8P+. The van der Waals surface area contributed by atoms with Gasteiger partial charge in [0.25, 0.3) is 0 Å². The topological polar surface area (TPSA) is 108 Å². The van der Waals surface area contributed by atoms with Crippen LogP contribution < -0.4 is 0 Å². The summed E-state index contributed by atoms with van der Waals surface area (Å²) in [6, 6.07) is 0. The molecule has 0 aromatic heterocycles. The van der Waals surface area contributed by atoms with Crippen LogP contribution in [0.25, 0.3) is 0 Å². The maximum absolute atomic E-state index is 12.6. The number of rotatable bonds is 35. The number of hydrogen-bond donors (Lipinski definition) is 1. The third-order valence-electron chi connectivity index (χ3n) is 7.91. The fourth-order valence-electron chi connectivity index (χ4n) is 4.71. The minimum Gasteiger partial charge on any atom is -0.462 e. The Kier molecular flexibility index (Phi) is 34.0. The van der Waals surface area contributed by atoms with Crippen molar-refractivity contribution in [3.8, 4) is 0 Å². The molecule has 0 heterocycles. The molecule has 0 spiro atoms. The van der Waals surface area contributed by atoms with E-state index in [1.807, 2.05) is 21.1 Å². The molecule has 0 aliphatic rings. The molecular weight excluding hydrogens is 701 g/mol. The minimum absolute atomic E-state index is 0.0128. The van der Waals surface area contributed by atoms with Gasteiger partial charge in [0.2, 0.25) is 0 Å². The van der Waals surface area contributed by atoms with Crippen molar-refractivity contribution < 1.29 is 42.1 Å². The van der Waals surface area contributed by atoms with Crippen molar-refractivity contribution >= 4 is 19.8 Å². The van der Waals surface area contributed by atoms with E-state index in [2.05, 4.69) is 98.9 Å². The van der Waals surface area contributed by atoms with Crippen molar-refractivity contribution in [3.05, 3.63) is 85.1 Å². The number of likely N-dealkylation sites (N-methyl/N-ethyl adjacent to an activating group) is 1. The second-order valence-corrected chi connectivity index (χ2v) is 15.7. The Morgan fingerprint density at radius 2 is 1.04 bits per heavy atom. The normalized spacial score (nSPS) is 14.6. The lowest BCUT2D eigenvalue weighted by Crippen LogP contribution is -2.37. The molecule has 0 fully saturated rings. The van der Waals surface area contributed by atoms with Gasteiger partial charge in [-0.2, -0.15) is 0 Å². The number of allylic oxidation sites excluding steroid dienone is 14. The summed E-state index contributed by atoms with van der Waals surface area (Å²) < 4.78 is 34.1. The molecule has 0 aliphatic carbocycles. The van der Waals surface area contributed by atoms with Crippen LogP contribution in [0, 0.1) is 0 Å². The highest BCUT2D eigenvalue weighted by molar-refractivity contribution is 7.47. The first-order valence-electron chi connectivity index (χ1n) is 20.3. The number of quaternary nitrogens is 1. The molecule has 308 valence electrons. The number of phosphoric ester groups is 1. The first-order valence-corrected chi connectivity index (χ1v) is 21.8. The van der Waals surface area contributed by atoms with Gasteiger partial charge in [0.1, 0.15) is 19.8 Å². The summed E-state index contributed by atoms with van der Waals surface area (Å²) in [4.78, 5) is 35.2. The van der Waals surface area contributed by atoms with Crippen LogP contribution in [0.1, 0.15) is 129 Å². The van der Waals surface area contributed by atoms with Crippen LogP contribution in [0.4, 0.5) is 0 Å². The third kappa shape index (κ3) is 38.9. The van der Waals surface area contributed by atoms with Crippen molar-refractivity contribution in [3.63, 3.8) is 0 Å². The Morgan fingerprint density at radius 1 is 0.593 bits per heavy atom. The van der Waals surface area contributed by atoms with Crippen molar-refractivity contribution in [1.82, 2.24) is 0 Å². The van der Waals surface area contributed by atoms with Gasteiger partial charge in [0.05, 0.1) is 27.7 Å². The molecule has 2 atom stereocenters. The van der Waals surface area contributed by atoms with Gasteiger partial charge in [-0.05, 0) is 89.9 Å². The largest absolute Gasteiger partial charge is 0.472 e. The molecule has 0 aliphatic heterocycles. The van der Waals surface area contributed by atoms with E-state index in [0.717, 1.165) is 70.6 Å². The van der Waals surface area contributed by atoms with Gasteiger partial charge < -0.3 is 18.9 Å². The first kappa shape index (κ1) is 51.2. The predicted molar refractivity (Wildman–Crippen MR) is 224 cm³/mol. The quantitative estimate of drug-likeness (QED) is 0.0223. The average Bonchev–Trinajstić information content (AvgIpc) is 3.12. The number of carbonyl (C=O) groups is 2. The number of esters is 2. The zero-order chi connectivity index (χ0) is 40.0. The molecule has 1 N–H and O–H groups in total. The number of ether oxygens (including phenoxy) is 2. The molecule has 0 aromatic rings. The van der Waals surface area contributed by atoms with Crippen molar-refractivity contribution in [2.75, 3.05) is 47.5 Å². The molecule has 0 radical (unpaired) electrons. The second-order valence-electron chi connectivity index (χ2n) is 14.3. The maximum Gasteiger partial charge on any atom is 0.472 e. The first-order chi connectivity index (χ1) is 26.0. The molecule has 9 nitrogen and oxygen atoms in total. The van der Waals surface area contributed by atoms with E-state index in [1.54, 1.807) is 0 Å². The molecule has 10 heteroatoms. The number of nitrogens with zero attached hydrogens (tertiary/aromatic N) is 1.